The summed E-state index contributed by atoms with van der Waals surface area (Å²) in [6.07, 6.45) is 9.92. The van der Waals surface area contributed by atoms with E-state index in [1.54, 1.807) is 6.92 Å². The van der Waals surface area contributed by atoms with Crippen molar-refractivity contribution in [2.24, 2.45) is 11.3 Å². The van der Waals surface area contributed by atoms with Crippen LogP contribution in [0.4, 0.5) is 0 Å². The lowest BCUT2D eigenvalue weighted by Crippen LogP contribution is -2.33. The zero-order valence-electron chi connectivity index (χ0n) is 9.31. The number of carbonyl (C=O) groups excluding carboxylic acids is 1. The van der Waals surface area contributed by atoms with Gasteiger partial charge in [0.05, 0.1) is 0 Å². The fourth-order valence-electron chi connectivity index (χ4n) is 3.06. The standard InChI is InChI=1S/C13H20O/c1-10(14)11-6-8-13(2)7-4-3-5-12(13)9-11/h9,12H,3-8H2,1-2H3/t12-,13-/m0/s1. The summed E-state index contributed by atoms with van der Waals surface area (Å²) in [6, 6.07) is 0. The lowest BCUT2D eigenvalue weighted by molar-refractivity contribution is -0.114. The van der Waals surface area contributed by atoms with Gasteiger partial charge >= 0.3 is 0 Å². The van der Waals surface area contributed by atoms with Crippen LogP contribution in [0.15, 0.2) is 11.6 Å². The van der Waals surface area contributed by atoms with E-state index in [1.807, 2.05) is 0 Å². The smallest absolute Gasteiger partial charge is 0.155 e. The number of hydrogen-bond donors (Lipinski definition) is 0. The molecule has 14 heavy (non-hydrogen) atoms. The Bertz CT molecular complexity index is 277. The van der Waals surface area contributed by atoms with E-state index in [4.69, 9.17) is 0 Å². The van der Waals surface area contributed by atoms with Gasteiger partial charge in [0.1, 0.15) is 0 Å². The molecule has 0 N–H and O–H groups in total. The molecule has 0 aromatic carbocycles. The van der Waals surface area contributed by atoms with Gasteiger partial charge in [-0.15, -0.1) is 0 Å². The second-order valence-electron chi connectivity index (χ2n) is 5.25. The molecular weight excluding hydrogens is 172 g/mol. The number of rotatable bonds is 1. The monoisotopic (exact) mass is 192 g/mol. The van der Waals surface area contributed by atoms with E-state index in [0.29, 0.717) is 11.3 Å². The minimum atomic E-state index is 0.289. The molecule has 0 unspecified atom stereocenters. The van der Waals surface area contributed by atoms with Crippen LogP contribution in [0.2, 0.25) is 0 Å². The quantitative estimate of drug-likeness (QED) is 0.621. The SMILES string of the molecule is CC(=O)C1=C[C@@H]2CCCC[C@@]2(C)CC1. The Morgan fingerprint density at radius 2 is 2.21 bits per heavy atom. The number of hydrogen-bond acceptors (Lipinski definition) is 1. The van der Waals surface area contributed by atoms with Crippen molar-refractivity contribution in [3.63, 3.8) is 0 Å². The van der Waals surface area contributed by atoms with E-state index in [2.05, 4.69) is 13.0 Å². The van der Waals surface area contributed by atoms with Crippen molar-refractivity contribution in [2.75, 3.05) is 0 Å². The van der Waals surface area contributed by atoms with Crippen LogP contribution < -0.4 is 0 Å². The largest absolute Gasteiger partial charge is 0.295 e. The first-order valence-electron chi connectivity index (χ1n) is 5.83. The van der Waals surface area contributed by atoms with Gasteiger partial charge in [0.25, 0.3) is 0 Å². The van der Waals surface area contributed by atoms with E-state index in [1.165, 1.54) is 32.1 Å². The lowest BCUT2D eigenvalue weighted by atomic mass is 9.61. The summed E-state index contributed by atoms with van der Waals surface area (Å²) in [5, 5.41) is 0. The second-order valence-corrected chi connectivity index (χ2v) is 5.25. The number of Topliss-reactive ketones (excluding diaryl/α,β-unsaturated/α-hetero) is 1. The molecule has 1 fully saturated rings. The summed E-state index contributed by atoms with van der Waals surface area (Å²) < 4.78 is 0. The Hall–Kier alpha value is -0.590. The zero-order chi connectivity index (χ0) is 10.2. The first-order chi connectivity index (χ1) is 6.62. The van der Waals surface area contributed by atoms with Crippen LogP contribution in [0.25, 0.3) is 0 Å². The molecule has 0 amide bonds. The average Bonchev–Trinajstić information content (AvgIpc) is 2.16. The maximum absolute atomic E-state index is 11.3. The zero-order valence-corrected chi connectivity index (χ0v) is 9.31. The van der Waals surface area contributed by atoms with E-state index >= 15 is 0 Å². The highest BCUT2D eigenvalue weighted by Gasteiger charge is 2.38. The van der Waals surface area contributed by atoms with Gasteiger partial charge in [0.2, 0.25) is 0 Å². The molecule has 0 aromatic rings. The molecule has 0 saturated heterocycles. The highest BCUT2D eigenvalue weighted by Crippen LogP contribution is 2.48. The Kier molecular flexibility index (Phi) is 2.50. The van der Waals surface area contributed by atoms with Gasteiger partial charge in [-0.2, -0.15) is 0 Å². The van der Waals surface area contributed by atoms with Crippen LogP contribution in [0.5, 0.6) is 0 Å². The molecule has 1 saturated carbocycles. The predicted molar refractivity (Wildman–Crippen MR) is 58.1 cm³/mol. The van der Waals surface area contributed by atoms with Gasteiger partial charge in [0, 0.05) is 0 Å². The predicted octanol–water partition coefficient (Wildman–Crippen LogP) is 3.49. The molecule has 2 rings (SSSR count). The van der Waals surface area contributed by atoms with Gasteiger partial charge in [-0.25, -0.2) is 0 Å². The fourth-order valence-corrected chi connectivity index (χ4v) is 3.06. The molecule has 0 spiro atoms. The minimum Gasteiger partial charge on any atom is -0.295 e. The summed E-state index contributed by atoms with van der Waals surface area (Å²) in [7, 11) is 0. The molecule has 2 aliphatic carbocycles. The van der Waals surface area contributed by atoms with Crippen LogP contribution >= 0.6 is 0 Å². The van der Waals surface area contributed by atoms with Crippen LogP contribution in [0.3, 0.4) is 0 Å². The maximum Gasteiger partial charge on any atom is 0.155 e. The van der Waals surface area contributed by atoms with E-state index in [9.17, 15) is 4.79 Å². The van der Waals surface area contributed by atoms with Gasteiger partial charge in [-0.1, -0.05) is 25.8 Å². The van der Waals surface area contributed by atoms with Gasteiger partial charge < -0.3 is 0 Å². The average molecular weight is 192 g/mol. The van der Waals surface area contributed by atoms with Crippen molar-refractivity contribution in [2.45, 2.75) is 52.4 Å². The molecule has 0 aromatic heterocycles. The van der Waals surface area contributed by atoms with Crippen molar-refractivity contribution in [3.05, 3.63) is 11.6 Å². The van der Waals surface area contributed by atoms with Crippen molar-refractivity contribution in [3.8, 4) is 0 Å². The lowest BCUT2D eigenvalue weighted by Gasteiger charge is -2.43. The first kappa shape index (κ1) is 9.95. The second kappa shape index (κ2) is 3.52. The van der Waals surface area contributed by atoms with Crippen LogP contribution in [0.1, 0.15) is 52.4 Å². The van der Waals surface area contributed by atoms with Gasteiger partial charge in [0.15, 0.2) is 5.78 Å². The van der Waals surface area contributed by atoms with Crippen molar-refractivity contribution in [1.82, 2.24) is 0 Å². The first-order valence-corrected chi connectivity index (χ1v) is 5.83. The number of allylic oxidation sites excluding steroid dienone is 2. The maximum atomic E-state index is 11.3. The third-order valence-corrected chi connectivity index (χ3v) is 4.23. The molecule has 1 nitrogen and oxygen atoms in total. The third-order valence-electron chi connectivity index (χ3n) is 4.23. The van der Waals surface area contributed by atoms with E-state index in [-0.39, 0.29) is 5.78 Å². The fraction of sp³-hybridized carbons (Fsp3) is 0.769. The van der Waals surface area contributed by atoms with Gasteiger partial charge in [-0.3, -0.25) is 4.79 Å². The summed E-state index contributed by atoms with van der Waals surface area (Å²) in [5.74, 6) is 0.974. The normalized spacial score (nSPS) is 37.3. The van der Waals surface area contributed by atoms with Crippen LogP contribution in [-0.2, 0) is 4.79 Å². The Morgan fingerprint density at radius 1 is 1.43 bits per heavy atom. The van der Waals surface area contributed by atoms with E-state index < -0.39 is 0 Å². The highest BCUT2D eigenvalue weighted by molar-refractivity contribution is 5.93. The summed E-state index contributed by atoms with van der Waals surface area (Å²) in [5.41, 5.74) is 1.60. The van der Waals surface area contributed by atoms with Gasteiger partial charge in [-0.05, 0) is 49.5 Å². The van der Waals surface area contributed by atoms with Crippen LogP contribution in [-0.4, -0.2) is 5.78 Å². The van der Waals surface area contributed by atoms with E-state index in [0.717, 1.165) is 12.0 Å². The number of carbonyl (C=O) groups is 1. The molecule has 0 bridgehead atoms. The molecule has 0 heterocycles. The molecule has 2 aliphatic rings. The highest BCUT2D eigenvalue weighted by atomic mass is 16.1. The Balaban J connectivity index is 2.21. The molecule has 0 radical (unpaired) electrons. The van der Waals surface area contributed by atoms with Crippen LogP contribution in [0, 0.1) is 11.3 Å². The molecule has 2 atom stereocenters. The van der Waals surface area contributed by atoms with Crippen molar-refractivity contribution in [1.29, 1.82) is 0 Å². The Morgan fingerprint density at radius 3 is 2.93 bits per heavy atom. The summed E-state index contributed by atoms with van der Waals surface area (Å²) in [4.78, 5) is 11.3. The summed E-state index contributed by atoms with van der Waals surface area (Å²) >= 11 is 0. The number of ketones is 1. The topological polar surface area (TPSA) is 17.1 Å². The Labute approximate surface area is 86.6 Å². The van der Waals surface area contributed by atoms with Crippen molar-refractivity contribution >= 4 is 5.78 Å². The molecule has 1 heteroatoms. The molecular formula is C13H20O. The van der Waals surface area contributed by atoms with Crippen molar-refractivity contribution < 1.29 is 4.79 Å². The third kappa shape index (κ3) is 1.65. The molecule has 78 valence electrons. The number of fused-ring (bicyclic) bond motifs is 1. The minimum absolute atomic E-state index is 0.289. The molecule has 0 aliphatic heterocycles. The summed E-state index contributed by atoms with van der Waals surface area (Å²) in [6.45, 7) is 4.11.